The number of hydrogen-bond acceptors (Lipinski definition) is 6. The number of aliphatic hydroxyl groups is 2. The quantitative estimate of drug-likeness (QED) is 0.374. The lowest BCUT2D eigenvalue weighted by Gasteiger charge is -2.07. The van der Waals surface area contributed by atoms with E-state index in [1.165, 1.54) is 0 Å². The molecule has 22 heavy (non-hydrogen) atoms. The summed E-state index contributed by atoms with van der Waals surface area (Å²) >= 11 is 4.48. The Bertz CT molecular complexity index is 728. The van der Waals surface area contributed by atoms with E-state index in [0.717, 1.165) is 21.7 Å². The fraction of sp³-hybridized carbons (Fsp3) is 0.231. The van der Waals surface area contributed by atoms with Crippen LogP contribution in [0.4, 0.5) is 10.7 Å². The molecule has 0 fully saturated rings. The molecule has 0 radical (unpaired) electrons. The van der Waals surface area contributed by atoms with Crippen molar-refractivity contribution in [3.05, 3.63) is 44.7 Å². The third-order valence-electron chi connectivity index (χ3n) is 2.72. The first-order valence-corrected chi connectivity index (χ1v) is 7.95. The van der Waals surface area contributed by atoms with Crippen molar-refractivity contribution in [2.75, 3.05) is 18.5 Å². The largest absolute Gasteiger partial charge is 0.394 e. The number of rotatable bonds is 6. The van der Waals surface area contributed by atoms with Gasteiger partial charge in [-0.25, -0.2) is 0 Å². The van der Waals surface area contributed by atoms with Gasteiger partial charge in [-0.1, -0.05) is 22.0 Å². The van der Waals surface area contributed by atoms with Crippen molar-refractivity contribution < 1.29 is 10.2 Å². The van der Waals surface area contributed by atoms with Crippen LogP contribution >= 0.6 is 27.5 Å². The van der Waals surface area contributed by atoms with Crippen LogP contribution in [0.2, 0.25) is 0 Å². The van der Waals surface area contributed by atoms with Gasteiger partial charge in [-0.2, -0.15) is 0 Å². The molecule has 1 unspecified atom stereocenters. The third-order valence-corrected chi connectivity index (χ3v) is 4.01. The summed E-state index contributed by atoms with van der Waals surface area (Å²) < 4.78 is 3.49. The molecule has 0 saturated carbocycles. The van der Waals surface area contributed by atoms with E-state index in [9.17, 15) is 9.90 Å². The van der Waals surface area contributed by atoms with E-state index in [1.807, 2.05) is 24.3 Å². The van der Waals surface area contributed by atoms with E-state index in [2.05, 4.69) is 30.6 Å². The minimum atomic E-state index is -1.00. The van der Waals surface area contributed by atoms with Crippen molar-refractivity contribution in [1.82, 2.24) is 4.37 Å². The van der Waals surface area contributed by atoms with Crippen molar-refractivity contribution >= 4 is 44.0 Å². The van der Waals surface area contributed by atoms with Gasteiger partial charge in [-0.15, -0.1) is 0 Å². The summed E-state index contributed by atoms with van der Waals surface area (Å²) in [6.45, 7) is -0.492. The molecule has 6 N–H and O–H groups in total. The zero-order valence-corrected chi connectivity index (χ0v) is 13.8. The highest BCUT2D eigenvalue weighted by Gasteiger charge is 2.15. The first-order valence-electron chi connectivity index (χ1n) is 6.34. The lowest BCUT2D eigenvalue weighted by Crippen LogP contribution is -2.25. The topological polar surface area (TPSA) is 124 Å². The van der Waals surface area contributed by atoms with E-state index >= 15 is 0 Å². The van der Waals surface area contributed by atoms with Gasteiger partial charge in [0.1, 0.15) is 16.4 Å². The molecule has 0 aliphatic rings. The van der Waals surface area contributed by atoms with Gasteiger partial charge in [0, 0.05) is 10.2 Å². The molecule has 118 valence electrons. The first kappa shape index (κ1) is 16.7. The number of aliphatic hydroxyl groups excluding tert-OH is 2. The normalized spacial score (nSPS) is 13.1. The molecule has 0 amide bonds. The Hall–Kier alpha value is -1.68. The molecular formula is C13H15BrN4O3S. The Labute approximate surface area is 138 Å². The predicted molar refractivity (Wildman–Crippen MR) is 91.0 cm³/mol. The molecule has 7 nitrogen and oxygen atoms in total. The number of nitrogens with zero attached hydrogens (tertiary/aromatic N) is 1. The van der Waals surface area contributed by atoms with E-state index in [0.29, 0.717) is 5.00 Å². The van der Waals surface area contributed by atoms with Gasteiger partial charge in [-0.3, -0.25) is 14.2 Å². The lowest BCUT2D eigenvalue weighted by atomic mass is 10.2. The Morgan fingerprint density at radius 2 is 2.32 bits per heavy atom. The maximum absolute atomic E-state index is 11.9. The molecule has 0 aliphatic heterocycles. The van der Waals surface area contributed by atoms with Crippen LogP contribution in [0.1, 0.15) is 5.56 Å². The summed E-state index contributed by atoms with van der Waals surface area (Å²) in [4.78, 5) is 15.8. The average Bonchev–Trinajstić information content (AvgIpc) is 2.85. The van der Waals surface area contributed by atoms with Gasteiger partial charge in [0.2, 0.25) is 0 Å². The fourth-order valence-corrected chi connectivity index (χ4v) is 2.83. The molecular weight excluding hydrogens is 372 g/mol. The fourth-order valence-electron chi connectivity index (χ4n) is 1.66. The summed E-state index contributed by atoms with van der Waals surface area (Å²) in [5.74, 6) is 0.00694. The SMILES string of the molecule is NC(=NCC(O)CO)c1c(Nc2cccc(Br)c2)s[nH]c1=O. The van der Waals surface area contributed by atoms with Crippen LogP contribution in [-0.4, -0.2) is 39.7 Å². The first-order chi connectivity index (χ1) is 10.5. The zero-order chi connectivity index (χ0) is 16.1. The van der Waals surface area contributed by atoms with Crippen LogP contribution in [0.25, 0.3) is 0 Å². The molecule has 2 rings (SSSR count). The molecule has 1 atom stereocenters. The van der Waals surface area contributed by atoms with Crippen molar-refractivity contribution in [2.24, 2.45) is 10.7 Å². The number of hydrogen-bond donors (Lipinski definition) is 5. The lowest BCUT2D eigenvalue weighted by molar-refractivity contribution is 0.102. The van der Waals surface area contributed by atoms with Gasteiger partial charge >= 0.3 is 0 Å². The number of H-pyrrole nitrogens is 1. The molecule has 0 saturated heterocycles. The molecule has 1 aromatic heterocycles. The monoisotopic (exact) mass is 386 g/mol. The van der Waals surface area contributed by atoms with Gasteiger partial charge in [0.05, 0.1) is 19.3 Å². The second-order valence-electron chi connectivity index (χ2n) is 4.44. The van der Waals surface area contributed by atoms with Crippen LogP contribution in [0.15, 0.2) is 38.5 Å². The number of halogens is 1. The highest BCUT2D eigenvalue weighted by Crippen LogP contribution is 2.24. The Kier molecular flexibility index (Phi) is 5.72. The second kappa shape index (κ2) is 7.54. The smallest absolute Gasteiger partial charge is 0.271 e. The van der Waals surface area contributed by atoms with Crippen LogP contribution in [0.5, 0.6) is 0 Å². The van der Waals surface area contributed by atoms with Crippen LogP contribution in [-0.2, 0) is 0 Å². The van der Waals surface area contributed by atoms with E-state index < -0.39 is 12.7 Å². The number of aliphatic imine (C=N–C) groups is 1. The molecule has 0 spiro atoms. The molecule has 1 heterocycles. The highest BCUT2D eigenvalue weighted by atomic mass is 79.9. The second-order valence-corrected chi connectivity index (χ2v) is 6.17. The van der Waals surface area contributed by atoms with E-state index in [-0.39, 0.29) is 23.5 Å². The summed E-state index contributed by atoms with van der Waals surface area (Å²) in [6, 6.07) is 7.45. The van der Waals surface area contributed by atoms with Gasteiger partial charge in [-0.05, 0) is 29.7 Å². The minimum Gasteiger partial charge on any atom is -0.394 e. The number of aromatic nitrogens is 1. The number of anilines is 2. The van der Waals surface area contributed by atoms with Crippen LogP contribution in [0, 0.1) is 0 Å². The zero-order valence-electron chi connectivity index (χ0n) is 11.4. The van der Waals surface area contributed by atoms with Crippen molar-refractivity contribution in [2.45, 2.75) is 6.10 Å². The number of amidine groups is 1. The average molecular weight is 387 g/mol. The third kappa shape index (κ3) is 4.17. The maximum atomic E-state index is 11.9. The Morgan fingerprint density at radius 3 is 3.00 bits per heavy atom. The highest BCUT2D eigenvalue weighted by molar-refractivity contribution is 9.10. The maximum Gasteiger partial charge on any atom is 0.271 e. The number of nitrogens with two attached hydrogens (primary N) is 1. The summed E-state index contributed by atoms with van der Waals surface area (Å²) in [7, 11) is 0. The van der Waals surface area contributed by atoms with Crippen molar-refractivity contribution in [3.63, 3.8) is 0 Å². The number of benzene rings is 1. The molecule has 0 aliphatic carbocycles. The van der Waals surface area contributed by atoms with Gasteiger partial charge in [0.15, 0.2) is 0 Å². The number of aromatic amines is 1. The van der Waals surface area contributed by atoms with E-state index in [1.54, 1.807) is 0 Å². The van der Waals surface area contributed by atoms with Crippen LogP contribution in [0.3, 0.4) is 0 Å². The minimum absolute atomic E-state index is 0.00694. The summed E-state index contributed by atoms with van der Waals surface area (Å²) in [5.41, 5.74) is 6.47. The Morgan fingerprint density at radius 1 is 1.55 bits per heavy atom. The standard InChI is InChI=1S/C13H15BrN4O3S/c14-7-2-1-3-8(4-7)17-13-10(12(21)18-22-13)11(15)16-5-9(20)6-19/h1-4,9,17,19-20H,5-6H2,(H2,15,16)(H,18,21). The van der Waals surface area contributed by atoms with E-state index in [4.69, 9.17) is 10.8 Å². The molecule has 1 aromatic carbocycles. The molecule has 9 heteroatoms. The molecule has 0 bridgehead atoms. The van der Waals surface area contributed by atoms with Crippen molar-refractivity contribution in [3.8, 4) is 0 Å². The predicted octanol–water partition coefficient (Wildman–Crippen LogP) is 1.00. The summed E-state index contributed by atoms with van der Waals surface area (Å²) in [5, 5.41) is 21.7. The molecule has 2 aromatic rings. The van der Waals surface area contributed by atoms with Gasteiger partial charge in [0.25, 0.3) is 5.56 Å². The van der Waals surface area contributed by atoms with Crippen LogP contribution < -0.4 is 16.6 Å². The van der Waals surface area contributed by atoms with Crippen molar-refractivity contribution in [1.29, 1.82) is 0 Å². The number of nitrogens with one attached hydrogen (secondary N) is 2. The Balaban J connectivity index is 2.26. The van der Waals surface area contributed by atoms with Gasteiger partial charge < -0.3 is 21.3 Å². The summed E-state index contributed by atoms with van der Waals surface area (Å²) in [6.07, 6.45) is -1.00.